The van der Waals surface area contributed by atoms with E-state index in [9.17, 15) is 9.50 Å². The number of benzene rings is 1. The summed E-state index contributed by atoms with van der Waals surface area (Å²) in [6.07, 6.45) is 3.14. The van der Waals surface area contributed by atoms with Gasteiger partial charge < -0.3 is 5.11 Å². The minimum Gasteiger partial charge on any atom is -0.395 e. The largest absolute Gasteiger partial charge is 0.395 e. The molecular formula is C15H19FN2O. The van der Waals surface area contributed by atoms with Crippen LogP contribution in [-0.4, -0.2) is 28.7 Å². The maximum absolute atomic E-state index is 13.3. The number of aliphatic hydroxyl groups is 1. The predicted molar refractivity (Wildman–Crippen MR) is 70.8 cm³/mol. The van der Waals surface area contributed by atoms with Crippen LogP contribution in [0.5, 0.6) is 0 Å². The fourth-order valence-corrected chi connectivity index (χ4v) is 2.82. The third-order valence-corrected chi connectivity index (χ3v) is 3.95. The van der Waals surface area contributed by atoms with Crippen molar-refractivity contribution in [2.45, 2.75) is 44.8 Å². The molecule has 1 saturated heterocycles. The number of likely N-dealkylation sites (tertiary alicyclic amines) is 1. The van der Waals surface area contributed by atoms with E-state index in [-0.39, 0.29) is 18.5 Å². The molecule has 0 spiro atoms. The highest BCUT2D eigenvalue weighted by atomic mass is 19.1. The molecule has 0 amide bonds. The van der Waals surface area contributed by atoms with E-state index in [4.69, 9.17) is 5.26 Å². The van der Waals surface area contributed by atoms with E-state index in [0.717, 1.165) is 19.3 Å². The Morgan fingerprint density at radius 1 is 1.47 bits per heavy atom. The number of nitrogens with zero attached hydrogens (tertiary/aromatic N) is 2. The van der Waals surface area contributed by atoms with E-state index in [0.29, 0.717) is 23.7 Å². The summed E-state index contributed by atoms with van der Waals surface area (Å²) >= 11 is 0. The quantitative estimate of drug-likeness (QED) is 0.910. The Morgan fingerprint density at radius 2 is 2.26 bits per heavy atom. The van der Waals surface area contributed by atoms with Gasteiger partial charge in [0.25, 0.3) is 0 Å². The molecule has 1 aliphatic rings. The van der Waals surface area contributed by atoms with Crippen molar-refractivity contribution in [1.82, 2.24) is 4.90 Å². The first-order valence-electron chi connectivity index (χ1n) is 6.71. The molecular weight excluding hydrogens is 243 g/mol. The second-order valence-corrected chi connectivity index (χ2v) is 5.20. The van der Waals surface area contributed by atoms with Crippen molar-refractivity contribution in [1.29, 1.82) is 5.26 Å². The van der Waals surface area contributed by atoms with Gasteiger partial charge >= 0.3 is 0 Å². The molecule has 19 heavy (non-hydrogen) atoms. The average molecular weight is 262 g/mol. The Labute approximate surface area is 113 Å². The molecule has 1 heterocycles. The van der Waals surface area contributed by atoms with Gasteiger partial charge in [-0.1, -0.05) is 6.42 Å². The van der Waals surface area contributed by atoms with Crippen LogP contribution in [0.25, 0.3) is 0 Å². The van der Waals surface area contributed by atoms with E-state index in [1.54, 1.807) is 0 Å². The normalized spacial score (nSPS) is 24.1. The van der Waals surface area contributed by atoms with Crippen molar-refractivity contribution in [3.8, 4) is 6.07 Å². The first-order valence-corrected chi connectivity index (χ1v) is 6.71. The topological polar surface area (TPSA) is 47.3 Å². The fraction of sp³-hybridized carbons (Fsp3) is 0.533. The Hall–Kier alpha value is -1.44. The number of piperidine rings is 1. The van der Waals surface area contributed by atoms with Crippen LogP contribution in [0.4, 0.5) is 4.39 Å². The van der Waals surface area contributed by atoms with Crippen LogP contribution in [0.1, 0.15) is 37.3 Å². The molecule has 1 N–H and O–H groups in total. The van der Waals surface area contributed by atoms with E-state index in [1.165, 1.54) is 18.2 Å². The zero-order chi connectivity index (χ0) is 13.8. The number of hydrogen-bond donors (Lipinski definition) is 1. The zero-order valence-electron chi connectivity index (χ0n) is 11.1. The summed E-state index contributed by atoms with van der Waals surface area (Å²) in [6, 6.07) is 6.82. The second-order valence-electron chi connectivity index (χ2n) is 5.20. The van der Waals surface area contributed by atoms with Gasteiger partial charge in [-0.25, -0.2) is 4.39 Å². The van der Waals surface area contributed by atoms with Crippen molar-refractivity contribution >= 4 is 0 Å². The van der Waals surface area contributed by atoms with Gasteiger partial charge in [-0.3, -0.25) is 4.90 Å². The minimum absolute atomic E-state index is 0.110. The van der Waals surface area contributed by atoms with Crippen LogP contribution in [-0.2, 0) is 6.54 Å². The van der Waals surface area contributed by atoms with E-state index < -0.39 is 0 Å². The van der Waals surface area contributed by atoms with Gasteiger partial charge in [0.1, 0.15) is 5.82 Å². The molecule has 2 atom stereocenters. The van der Waals surface area contributed by atoms with Crippen molar-refractivity contribution in [2.24, 2.45) is 0 Å². The van der Waals surface area contributed by atoms with Crippen LogP contribution in [0, 0.1) is 17.1 Å². The first kappa shape index (κ1) is 14.0. The van der Waals surface area contributed by atoms with E-state index in [1.807, 2.05) is 0 Å². The smallest absolute Gasteiger partial charge is 0.123 e. The van der Waals surface area contributed by atoms with Crippen LogP contribution in [0.2, 0.25) is 0 Å². The molecule has 0 radical (unpaired) electrons. The molecule has 1 aromatic rings. The zero-order valence-corrected chi connectivity index (χ0v) is 11.1. The first-order chi connectivity index (χ1) is 9.15. The maximum Gasteiger partial charge on any atom is 0.123 e. The van der Waals surface area contributed by atoms with Crippen molar-refractivity contribution in [2.75, 3.05) is 6.61 Å². The van der Waals surface area contributed by atoms with Crippen molar-refractivity contribution in [3.63, 3.8) is 0 Å². The lowest BCUT2D eigenvalue weighted by atomic mass is 9.95. The summed E-state index contributed by atoms with van der Waals surface area (Å²) in [5.41, 5.74) is 1.21. The van der Waals surface area contributed by atoms with Gasteiger partial charge in [-0.15, -0.1) is 0 Å². The molecule has 2 rings (SSSR count). The van der Waals surface area contributed by atoms with E-state index >= 15 is 0 Å². The Bertz CT molecular complexity index is 484. The lowest BCUT2D eigenvalue weighted by molar-refractivity contribution is 0.0450. The van der Waals surface area contributed by atoms with Gasteiger partial charge in [0.15, 0.2) is 0 Å². The molecule has 1 aliphatic heterocycles. The van der Waals surface area contributed by atoms with Gasteiger partial charge in [-0.05, 0) is 43.5 Å². The summed E-state index contributed by atoms with van der Waals surface area (Å²) < 4.78 is 13.3. The Morgan fingerprint density at radius 3 is 2.95 bits per heavy atom. The summed E-state index contributed by atoms with van der Waals surface area (Å²) in [5.74, 6) is -0.320. The monoisotopic (exact) mass is 262 g/mol. The SMILES string of the molecule is C[C@H]1CCC[C@H](CO)N1Cc1cc(F)ccc1C#N. The predicted octanol–water partition coefficient (Wildman–Crippen LogP) is 2.43. The molecule has 0 unspecified atom stereocenters. The number of halogens is 1. The Balaban J connectivity index is 2.23. The number of rotatable bonds is 3. The fourth-order valence-electron chi connectivity index (χ4n) is 2.82. The Kier molecular flexibility index (Phi) is 4.52. The third-order valence-electron chi connectivity index (χ3n) is 3.95. The van der Waals surface area contributed by atoms with Gasteiger partial charge in [0, 0.05) is 18.6 Å². The maximum atomic E-state index is 13.3. The summed E-state index contributed by atoms with van der Waals surface area (Å²) in [6.45, 7) is 2.75. The molecule has 0 aromatic heterocycles. The molecule has 102 valence electrons. The highest BCUT2D eigenvalue weighted by molar-refractivity contribution is 5.37. The summed E-state index contributed by atoms with van der Waals surface area (Å²) in [7, 11) is 0. The lowest BCUT2D eigenvalue weighted by Crippen LogP contribution is -2.46. The molecule has 4 heteroatoms. The molecule has 0 saturated carbocycles. The van der Waals surface area contributed by atoms with Gasteiger partial charge in [-0.2, -0.15) is 5.26 Å². The highest BCUT2D eigenvalue weighted by Gasteiger charge is 2.27. The number of aliphatic hydroxyl groups excluding tert-OH is 1. The lowest BCUT2D eigenvalue weighted by Gasteiger charge is -2.40. The molecule has 1 fully saturated rings. The van der Waals surface area contributed by atoms with Crippen LogP contribution in [0.15, 0.2) is 18.2 Å². The van der Waals surface area contributed by atoms with Crippen LogP contribution >= 0.6 is 0 Å². The molecule has 0 aliphatic carbocycles. The van der Waals surface area contributed by atoms with Gasteiger partial charge in [0.05, 0.1) is 18.2 Å². The van der Waals surface area contributed by atoms with Gasteiger partial charge in [0.2, 0.25) is 0 Å². The van der Waals surface area contributed by atoms with Crippen LogP contribution in [0.3, 0.4) is 0 Å². The molecule has 3 nitrogen and oxygen atoms in total. The second kappa shape index (κ2) is 6.14. The number of nitriles is 1. The third kappa shape index (κ3) is 3.12. The number of hydrogen-bond acceptors (Lipinski definition) is 3. The average Bonchev–Trinajstić information content (AvgIpc) is 2.41. The molecule has 1 aromatic carbocycles. The van der Waals surface area contributed by atoms with Crippen molar-refractivity contribution < 1.29 is 9.50 Å². The standard InChI is InChI=1S/C15H19FN2O/c1-11-3-2-4-15(10-19)18(11)9-13-7-14(16)6-5-12(13)8-17/h5-7,11,15,19H,2-4,9-10H2,1H3/t11-,15+/m0/s1. The van der Waals surface area contributed by atoms with E-state index in [2.05, 4.69) is 17.9 Å². The highest BCUT2D eigenvalue weighted by Crippen LogP contribution is 2.25. The van der Waals surface area contributed by atoms with Crippen LogP contribution < -0.4 is 0 Å². The minimum atomic E-state index is -0.320. The summed E-state index contributed by atoms with van der Waals surface area (Å²) in [5, 5.41) is 18.5. The molecule has 0 bridgehead atoms. The van der Waals surface area contributed by atoms with Crippen molar-refractivity contribution in [3.05, 3.63) is 35.1 Å². The summed E-state index contributed by atoms with van der Waals surface area (Å²) in [4.78, 5) is 2.18.